The minimum Gasteiger partial charge on any atom is -0.465 e. The lowest BCUT2D eigenvalue weighted by Crippen LogP contribution is -2.39. The summed E-state index contributed by atoms with van der Waals surface area (Å²) in [5, 5.41) is 3.20. The Morgan fingerprint density at radius 1 is 1.14 bits per heavy atom. The number of rotatable bonds is 7. The van der Waals surface area contributed by atoms with Gasteiger partial charge in [-0.05, 0) is 29.7 Å². The Bertz CT molecular complexity index is 601. The number of ether oxygens (including phenoxy) is 1. The molecule has 1 N–H and O–H groups in total. The van der Waals surface area contributed by atoms with E-state index in [1.807, 2.05) is 30.3 Å². The normalized spacial score (nSPS) is 11.9. The first-order chi connectivity index (χ1) is 10.7. The van der Waals surface area contributed by atoms with Crippen molar-refractivity contribution in [1.29, 1.82) is 0 Å². The molecule has 4 heteroatoms. The summed E-state index contributed by atoms with van der Waals surface area (Å²) in [6.07, 6.45) is 0. The number of thiol groups is 1. The molecule has 0 aliphatic heterocycles. The van der Waals surface area contributed by atoms with E-state index in [0.717, 1.165) is 5.56 Å². The van der Waals surface area contributed by atoms with Crippen LogP contribution in [0.15, 0.2) is 54.6 Å². The highest BCUT2D eigenvalue weighted by molar-refractivity contribution is 7.80. The summed E-state index contributed by atoms with van der Waals surface area (Å²) in [6.45, 7) is 2.79. The first kappa shape index (κ1) is 16.6. The molecular weight excluding hydrogens is 294 g/mol. The molecule has 1 atom stereocenters. The molecule has 116 valence electrons. The maximum absolute atomic E-state index is 11.8. The zero-order chi connectivity index (χ0) is 15.8. The molecule has 0 radical (unpaired) electrons. The molecule has 0 aliphatic carbocycles. The fraction of sp³-hybridized carbons (Fsp3) is 0.278. The van der Waals surface area contributed by atoms with Crippen LogP contribution in [0.25, 0.3) is 11.1 Å². The SMILES string of the molecule is CCOC(=O)[C@H](CS)NCc1cccc(-c2ccccc2)c1. The predicted octanol–water partition coefficient (Wildman–Crippen LogP) is 3.30. The van der Waals surface area contributed by atoms with Crippen LogP contribution >= 0.6 is 12.6 Å². The predicted molar refractivity (Wildman–Crippen MR) is 93.0 cm³/mol. The van der Waals surface area contributed by atoms with Crippen molar-refractivity contribution in [2.75, 3.05) is 12.4 Å². The largest absolute Gasteiger partial charge is 0.465 e. The molecule has 0 spiro atoms. The van der Waals surface area contributed by atoms with Crippen LogP contribution < -0.4 is 5.32 Å². The Morgan fingerprint density at radius 3 is 2.55 bits per heavy atom. The Balaban J connectivity index is 2.03. The summed E-state index contributed by atoms with van der Waals surface area (Å²) in [4.78, 5) is 11.8. The van der Waals surface area contributed by atoms with E-state index in [1.165, 1.54) is 11.1 Å². The fourth-order valence-electron chi connectivity index (χ4n) is 2.20. The van der Waals surface area contributed by atoms with E-state index in [2.05, 4.69) is 42.2 Å². The fourth-order valence-corrected chi connectivity index (χ4v) is 2.48. The quantitative estimate of drug-likeness (QED) is 0.608. The molecule has 2 aromatic rings. The average Bonchev–Trinajstić information content (AvgIpc) is 2.57. The number of carbonyl (C=O) groups is 1. The van der Waals surface area contributed by atoms with Crippen molar-refractivity contribution in [3.8, 4) is 11.1 Å². The number of benzene rings is 2. The lowest BCUT2D eigenvalue weighted by atomic mass is 10.0. The van der Waals surface area contributed by atoms with Crippen LogP contribution in [0.3, 0.4) is 0 Å². The zero-order valence-corrected chi connectivity index (χ0v) is 13.6. The molecule has 0 bridgehead atoms. The van der Waals surface area contributed by atoms with Gasteiger partial charge in [0.25, 0.3) is 0 Å². The Hall–Kier alpha value is -1.78. The van der Waals surface area contributed by atoms with E-state index in [0.29, 0.717) is 18.9 Å². The third-order valence-electron chi connectivity index (χ3n) is 3.34. The van der Waals surface area contributed by atoms with Crippen LogP contribution in [0.1, 0.15) is 12.5 Å². The highest BCUT2D eigenvalue weighted by atomic mass is 32.1. The number of hydrogen-bond acceptors (Lipinski definition) is 4. The molecule has 3 nitrogen and oxygen atoms in total. The second-order valence-electron chi connectivity index (χ2n) is 4.93. The van der Waals surface area contributed by atoms with E-state index in [4.69, 9.17) is 4.74 Å². The van der Waals surface area contributed by atoms with Crippen molar-refractivity contribution in [3.05, 3.63) is 60.2 Å². The van der Waals surface area contributed by atoms with Crippen LogP contribution in [-0.2, 0) is 16.1 Å². The van der Waals surface area contributed by atoms with Gasteiger partial charge in [-0.25, -0.2) is 0 Å². The summed E-state index contributed by atoms with van der Waals surface area (Å²) in [6, 6.07) is 18.1. The minimum absolute atomic E-state index is 0.253. The Labute approximate surface area is 137 Å². The molecule has 0 unspecified atom stereocenters. The van der Waals surface area contributed by atoms with Gasteiger partial charge in [0, 0.05) is 12.3 Å². The minimum atomic E-state index is -0.385. The summed E-state index contributed by atoms with van der Waals surface area (Å²) >= 11 is 4.21. The molecule has 0 saturated heterocycles. The zero-order valence-electron chi connectivity index (χ0n) is 12.7. The second-order valence-corrected chi connectivity index (χ2v) is 5.30. The average molecular weight is 315 g/mol. The van der Waals surface area contributed by atoms with Gasteiger partial charge in [0.05, 0.1) is 6.61 Å². The topological polar surface area (TPSA) is 38.3 Å². The van der Waals surface area contributed by atoms with E-state index >= 15 is 0 Å². The standard InChI is InChI=1S/C18H21NO2S/c1-2-21-18(20)17(13-22)19-12-14-7-6-10-16(11-14)15-8-4-3-5-9-15/h3-11,17,19,22H,2,12-13H2,1H3/t17-/m0/s1. The molecule has 22 heavy (non-hydrogen) atoms. The van der Waals surface area contributed by atoms with Gasteiger partial charge in [0.2, 0.25) is 0 Å². The third kappa shape index (κ3) is 4.61. The molecular formula is C18H21NO2S. The number of hydrogen-bond donors (Lipinski definition) is 2. The van der Waals surface area contributed by atoms with Gasteiger partial charge in [-0.1, -0.05) is 48.5 Å². The third-order valence-corrected chi connectivity index (χ3v) is 3.71. The van der Waals surface area contributed by atoms with E-state index in [1.54, 1.807) is 6.92 Å². The number of carbonyl (C=O) groups excluding carboxylic acids is 1. The monoisotopic (exact) mass is 315 g/mol. The molecule has 0 aromatic heterocycles. The number of nitrogens with one attached hydrogen (secondary N) is 1. The Kier molecular flexibility index (Phi) is 6.49. The van der Waals surface area contributed by atoms with Gasteiger partial charge in [-0.3, -0.25) is 10.1 Å². The molecule has 0 heterocycles. The van der Waals surface area contributed by atoms with Gasteiger partial charge in [-0.2, -0.15) is 12.6 Å². The van der Waals surface area contributed by atoms with Crippen molar-refractivity contribution in [1.82, 2.24) is 5.32 Å². The van der Waals surface area contributed by atoms with Crippen LogP contribution in [0.2, 0.25) is 0 Å². The molecule has 0 saturated carbocycles. The van der Waals surface area contributed by atoms with Crippen molar-refractivity contribution in [2.24, 2.45) is 0 Å². The van der Waals surface area contributed by atoms with Crippen molar-refractivity contribution in [3.63, 3.8) is 0 Å². The van der Waals surface area contributed by atoms with Crippen molar-refractivity contribution >= 4 is 18.6 Å². The lowest BCUT2D eigenvalue weighted by molar-refractivity contribution is -0.145. The van der Waals surface area contributed by atoms with Gasteiger partial charge in [0.1, 0.15) is 6.04 Å². The molecule has 0 fully saturated rings. The summed E-state index contributed by atoms with van der Waals surface area (Å²) in [5.74, 6) is 0.161. The number of esters is 1. The molecule has 2 rings (SSSR count). The van der Waals surface area contributed by atoms with E-state index < -0.39 is 0 Å². The van der Waals surface area contributed by atoms with Gasteiger partial charge >= 0.3 is 5.97 Å². The summed E-state index contributed by atoms with van der Waals surface area (Å²) in [7, 11) is 0. The maximum Gasteiger partial charge on any atom is 0.323 e. The van der Waals surface area contributed by atoms with E-state index in [-0.39, 0.29) is 12.0 Å². The summed E-state index contributed by atoms with van der Waals surface area (Å²) in [5.41, 5.74) is 3.47. The van der Waals surface area contributed by atoms with Crippen LogP contribution in [0.5, 0.6) is 0 Å². The van der Waals surface area contributed by atoms with Gasteiger partial charge in [0.15, 0.2) is 0 Å². The van der Waals surface area contributed by atoms with Gasteiger partial charge in [-0.15, -0.1) is 0 Å². The maximum atomic E-state index is 11.8. The van der Waals surface area contributed by atoms with Crippen LogP contribution in [-0.4, -0.2) is 24.4 Å². The second kappa shape index (κ2) is 8.61. The van der Waals surface area contributed by atoms with Crippen molar-refractivity contribution < 1.29 is 9.53 Å². The summed E-state index contributed by atoms with van der Waals surface area (Å²) < 4.78 is 5.03. The first-order valence-electron chi connectivity index (χ1n) is 7.40. The van der Waals surface area contributed by atoms with Crippen LogP contribution in [0, 0.1) is 0 Å². The highest BCUT2D eigenvalue weighted by Crippen LogP contribution is 2.19. The molecule has 2 aromatic carbocycles. The highest BCUT2D eigenvalue weighted by Gasteiger charge is 2.17. The molecule has 0 aliphatic rings. The van der Waals surface area contributed by atoms with Crippen molar-refractivity contribution in [2.45, 2.75) is 19.5 Å². The van der Waals surface area contributed by atoms with E-state index in [9.17, 15) is 4.79 Å². The Morgan fingerprint density at radius 2 is 1.86 bits per heavy atom. The van der Waals surface area contributed by atoms with Gasteiger partial charge < -0.3 is 4.74 Å². The first-order valence-corrected chi connectivity index (χ1v) is 8.03. The smallest absolute Gasteiger partial charge is 0.323 e. The molecule has 0 amide bonds. The lowest BCUT2D eigenvalue weighted by Gasteiger charge is -2.15. The van der Waals surface area contributed by atoms with Crippen LogP contribution in [0.4, 0.5) is 0 Å².